The van der Waals surface area contributed by atoms with E-state index in [1.165, 1.54) is 18.2 Å². The Morgan fingerprint density at radius 2 is 1.74 bits per heavy atom. The maximum atomic E-state index is 12.3. The van der Waals surface area contributed by atoms with E-state index in [-0.39, 0.29) is 11.3 Å². The van der Waals surface area contributed by atoms with Gasteiger partial charge in [-0.2, -0.15) is 0 Å². The van der Waals surface area contributed by atoms with Gasteiger partial charge < -0.3 is 14.4 Å². The second-order valence-electron chi connectivity index (χ2n) is 5.89. The Bertz CT molecular complexity index is 970. The number of benzene rings is 2. The molecule has 0 radical (unpaired) electrons. The summed E-state index contributed by atoms with van der Waals surface area (Å²) in [5.74, 6) is 0.342. The number of ketones is 1. The van der Waals surface area contributed by atoms with Crippen LogP contribution in [0.15, 0.2) is 67.0 Å². The summed E-state index contributed by atoms with van der Waals surface area (Å²) in [4.78, 5) is 27.3. The van der Waals surface area contributed by atoms with Crippen LogP contribution in [0.25, 0.3) is 6.08 Å². The predicted molar refractivity (Wildman–Crippen MR) is 101 cm³/mol. The van der Waals surface area contributed by atoms with E-state index in [0.717, 1.165) is 11.4 Å². The highest BCUT2D eigenvalue weighted by molar-refractivity contribution is 6.06. The number of carboxylic acids is 1. The Hall–Kier alpha value is -3.67. The number of nitrogens with zero attached hydrogens (tertiary/aromatic N) is 2. The van der Waals surface area contributed by atoms with Gasteiger partial charge in [0.25, 0.3) is 0 Å². The molecule has 0 unspecified atom stereocenters. The van der Waals surface area contributed by atoms with Gasteiger partial charge in [0, 0.05) is 25.0 Å². The first-order valence-corrected chi connectivity index (χ1v) is 8.28. The number of hydrogen-bond donors (Lipinski definition) is 1. The molecular formula is C21H18N2O4. The molecule has 0 saturated heterocycles. The number of aromatic carboxylic acids is 1. The van der Waals surface area contributed by atoms with Crippen molar-refractivity contribution in [2.24, 2.45) is 7.05 Å². The van der Waals surface area contributed by atoms with Crippen molar-refractivity contribution in [1.82, 2.24) is 9.55 Å². The fraction of sp³-hybridized carbons (Fsp3) is 0.0952. The number of rotatable bonds is 7. The molecule has 1 aromatic heterocycles. The molecule has 0 saturated carbocycles. The normalized spacial score (nSPS) is 10.9. The topological polar surface area (TPSA) is 81.4 Å². The summed E-state index contributed by atoms with van der Waals surface area (Å²) in [5.41, 5.74) is 1.50. The fourth-order valence-corrected chi connectivity index (χ4v) is 2.40. The van der Waals surface area contributed by atoms with Crippen LogP contribution < -0.4 is 4.74 Å². The number of imidazole rings is 1. The van der Waals surface area contributed by atoms with Crippen molar-refractivity contribution in [2.45, 2.75) is 6.61 Å². The lowest BCUT2D eigenvalue weighted by molar-refractivity contribution is 0.0696. The molecule has 3 rings (SSSR count). The number of carbonyl (C=O) groups excluding carboxylic acids is 1. The van der Waals surface area contributed by atoms with Crippen LogP contribution in [0.5, 0.6) is 5.75 Å². The van der Waals surface area contributed by atoms with Crippen molar-refractivity contribution >= 4 is 17.8 Å². The van der Waals surface area contributed by atoms with Gasteiger partial charge >= 0.3 is 5.97 Å². The lowest BCUT2D eigenvalue weighted by Gasteiger charge is -2.06. The van der Waals surface area contributed by atoms with Gasteiger partial charge in [-0.05, 0) is 48.0 Å². The number of aromatic nitrogens is 2. The summed E-state index contributed by atoms with van der Waals surface area (Å²) in [6.45, 7) is 0.350. The van der Waals surface area contributed by atoms with Gasteiger partial charge in [0.1, 0.15) is 18.2 Å². The Morgan fingerprint density at radius 1 is 1.07 bits per heavy atom. The summed E-state index contributed by atoms with van der Waals surface area (Å²) in [7, 11) is 1.90. The third-order valence-corrected chi connectivity index (χ3v) is 4.01. The molecule has 0 amide bonds. The molecule has 1 N–H and O–H groups in total. The van der Waals surface area contributed by atoms with Gasteiger partial charge in [0.2, 0.25) is 0 Å². The quantitative estimate of drug-likeness (QED) is 0.513. The van der Waals surface area contributed by atoms with Crippen molar-refractivity contribution in [3.8, 4) is 5.75 Å². The molecule has 0 spiro atoms. The van der Waals surface area contributed by atoms with Crippen LogP contribution in [0.1, 0.15) is 32.1 Å². The van der Waals surface area contributed by atoms with Crippen molar-refractivity contribution in [3.05, 3.63) is 89.5 Å². The summed E-state index contributed by atoms with van der Waals surface area (Å²) in [5, 5.41) is 8.88. The first kappa shape index (κ1) is 18.1. The Morgan fingerprint density at radius 3 is 2.33 bits per heavy atom. The molecule has 0 fully saturated rings. The average molecular weight is 362 g/mol. The largest absolute Gasteiger partial charge is 0.486 e. The van der Waals surface area contributed by atoms with E-state index >= 15 is 0 Å². The summed E-state index contributed by atoms with van der Waals surface area (Å²) in [6, 6.07) is 13.2. The van der Waals surface area contributed by atoms with E-state index in [4.69, 9.17) is 9.84 Å². The molecule has 0 bridgehead atoms. The molecule has 0 aliphatic rings. The monoisotopic (exact) mass is 362 g/mol. The van der Waals surface area contributed by atoms with E-state index in [2.05, 4.69) is 4.98 Å². The van der Waals surface area contributed by atoms with Crippen molar-refractivity contribution in [3.63, 3.8) is 0 Å². The van der Waals surface area contributed by atoms with E-state index < -0.39 is 5.97 Å². The zero-order valence-electron chi connectivity index (χ0n) is 14.7. The number of ether oxygens (including phenoxy) is 1. The van der Waals surface area contributed by atoms with Gasteiger partial charge in [-0.25, -0.2) is 9.78 Å². The molecule has 136 valence electrons. The SMILES string of the molecule is Cn1ccnc1COc1ccc(C(=O)/C=C/c2ccc(C(=O)O)cc2)cc1. The minimum Gasteiger partial charge on any atom is -0.486 e. The fourth-order valence-electron chi connectivity index (χ4n) is 2.40. The van der Waals surface area contributed by atoms with Crippen molar-refractivity contribution < 1.29 is 19.4 Å². The van der Waals surface area contributed by atoms with Crippen molar-refractivity contribution in [1.29, 1.82) is 0 Å². The van der Waals surface area contributed by atoms with Crippen LogP contribution in [-0.4, -0.2) is 26.4 Å². The summed E-state index contributed by atoms with van der Waals surface area (Å²) in [6.07, 6.45) is 6.67. The molecule has 6 heteroatoms. The first-order chi connectivity index (χ1) is 13.0. The first-order valence-electron chi connectivity index (χ1n) is 8.28. The molecule has 1 heterocycles. The highest BCUT2D eigenvalue weighted by atomic mass is 16.5. The zero-order chi connectivity index (χ0) is 19.2. The van der Waals surface area contributed by atoms with Crippen LogP contribution in [0.3, 0.4) is 0 Å². The summed E-state index contributed by atoms with van der Waals surface area (Å²) >= 11 is 0. The van der Waals surface area contributed by atoms with E-state index in [1.807, 2.05) is 17.8 Å². The van der Waals surface area contributed by atoms with Gasteiger partial charge in [0.15, 0.2) is 5.78 Å². The summed E-state index contributed by atoms with van der Waals surface area (Å²) < 4.78 is 7.55. The predicted octanol–water partition coefficient (Wildman–Crippen LogP) is 3.59. The maximum absolute atomic E-state index is 12.3. The van der Waals surface area contributed by atoms with Crippen LogP contribution >= 0.6 is 0 Å². The van der Waals surface area contributed by atoms with Crippen LogP contribution in [0.2, 0.25) is 0 Å². The van der Waals surface area contributed by atoms with Crippen LogP contribution in [-0.2, 0) is 13.7 Å². The second kappa shape index (κ2) is 8.14. The van der Waals surface area contributed by atoms with E-state index in [1.54, 1.807) is 48.7 Å². The lowest BCUT2D eigenvalue weighted by Crippen LogP contribution is -2.03. The minimum atomic E-state index is -0.980. The average Bonchev–Trinajstić information content (AvgIpc) is 3.10. The molecule has 2 aromatic carbocycles. The number of hydrogen-bond acceptors (Lipinski definition) is 4. The standard InChI is InChI=1S/C21H18N2O4/c1-23-13-12-22-20(23)14-27-18-9-7-16(8-10-18)19(24)11-4-15-2-5-17(6-3-15)21(25)26/h2-13H,14H2,1H3,(H,25,26)/b11-4+. The molecule has 27 heavy (non-hydrogen) atoms. The number of carbonyl (C=O) groups is 2. The highest BCUT2D eigenvalue weighted by Crippen LogP contribution is 2.15. The molecule has 0 aliphatic carbocycles. The Labute approximate surface area is 156 Å². The third-order valence-electron chi connectivity index (χ3n) is 4.01. The van der Waals surface area contributed by atoms with Gasteiger partial charge in [-0.15, -0.1) is 0 Å². The van der Waals surface area contributed by atoms with E-state index in [0.29, 0.717) is 17.9 Å². The number of allylic oxidation sites excluding steroid dienone is 1. The molecule has 0 aliphatic heterocycles. The second-order valence-corrected chi connectivity index (χ2v) is 5.89. The number of aryl methyl sites for hydroxylation is 1. The van der Waals surface area contributed by atoms with Gasteiger partial charge in [-0.3, -0.25) is 4.79 Å². The zero-order valence-corrected chi connectivity index (χ0v) is 14.7. The Balaban J connectivity index is 1.59. The molecule has 6 nitrogen and oxygen atoms in total. The van der Waals surface area contributed by atoms with Crippen molar-refractivity contribution in [2.75, 3.05) is 0 Å². The van der Waals surface area contributed by atoms with Gasteiger partial charge in [-0.1, -0.05) is 18.2 Å². The maximum Gasteiger partial charge on any atom is 0.335 e. The highest BCUT2D eigenvalue weighted by Gasteiger charge is 2.05. The van der Waals surface area contributed by atoms with Crippen LogP contribution in [0.4, 0.5) is 0 Å². The molecule has 0 atom stereocenters. The Kier molecular flexibility index (Phi) is 5.47. The van der Waals surface area contributed by atoms with Crippen LogP contribution in [0, 0.1) is 0 Å². The molecule has 3 aromatic rings. The van der Waals surface area contributed by atoms with Gasteiger partial charge in [0.05, 0.1) is 5.56 Å². The smallest absolute Gasteiger partial charge is 0.335 e. The molecular weight excluding hydrogens is 344 g/mol. The third kappa shape index (κ3) is 4.70. The minimum absolute atomic E-state index is 0.145. The number of carboxylic acid groups (broad SMARTS) is 1. The lowest BCUT2D eigenvalue weighted by atomic mass is 10.1. The van der Waals surface area contributed by atoms with E-state index in [9.17, 15) is 9.59 Å².